The molecular formula is C13H25NO. The summed E-state index contributed by atoms with van der Waals surface area (Å²) in [5.74, 6) is 1.01. The quantitative estimate of drug-likeness (QED) is 0.685. The summed E-state index contributed by atoms with van der Waals surface area (Å²) in [4.78, 5) is 0. The van der Waals surface area contributed by atoms with E-state index in [-0.39, 0.29) is 6.10 Å². The van der Waals surface area contributed by atoms with E-state index in [2.05, 4.69) is 5.32 Å². The molecule has 2 rings (SSSR count). The molecule has 2 atom stereocenters. The Morgan fingerprint density at radius 3 is 2.47 bits per heavy atom. The molecule has 2 saturated carbocycles. The van der Waals surface area contributed by atoms with Crippen molar-refractivity contribution < 1.29 is 5.11 Å². The Balaban J connectivity index is 1.51. The first kappa shape index (κ1) is 11.4. The number of aliphatic hydroxyl groups excluding tert-OH is 1. The average Bonchev–Trinajstić information content (AvgIpc) is 2.85. The van der Waals surface area contributed by atoms with Crippen LogP contribution in [-0.2, 0) is 0 Å². The Morgan fingerprint density at radius 1 is 1.00 bits per heavy atom. The van der Waals surface area contributed by atoms with Gasteiger partial charge in [-0.1, -0.05) is 25.7 Å². The van der Waals surface area contributed by atoms with Crippen molar-refractivity contribution in [2.45, 2.75) is 69.9 Å². The standard InChI is InChI=1S/C13H25NO/c15-13-9-3-8-12(13)14-10-4-7-11-5-1-2-6-11/h11-15H,1-10H2. The normalized spacial score (nSPS) is 32.6. The fourth-order valence-electron chi connectivity index (χ4n) is 3.16. The van der Waals surface area contributed by atoms with Gasteiger partial charge in [-0.25, -0.2) is 0 Å². The molecule has 0 saturated heterocycles. The van der Waals surface area contributed by atoms with E-state index in [1.807, 2.05) is 0 Å². The van der Waals surface area contributed by atoms with Crippen molar-refractivity contribution >= 4 is 0 Å². The monoisotopic (exact) mass is 211 g/mol. The lowest BCUT2D eigenvalue weighted by atomic mass is 10.0. The summed E-state index contributed by atoms with van der Waals surface area (Å²) in [5, 5.41) is 13.1. The van der Waals surface area contributed by atoms with Gasteiger partial charge in [0.15, 0.2) is 0 Å². The topological polar surface area (TPSA) is 32.3 Å². The van der Waals surface area contributed by atoms with Crippen LogP contribution in [-0.4, -0.2) is 23.8 Å². The van der Waals surface area contributed by atoms with Crippen LogP contribution in [0.25, 0.3) is 0 Å². The van der Waals surface area contributed by atoms with E-state index in [9.17, 15) is 5.11 Å². The lowest BCUT2D eigenvalue weighted by Gasteiger charge is -2.17. The van der Waals surface area contributed by atoms with Gasteiger partial charge in [0, 0.05) is 6.04 Å². The summed E-state index contributed by atoms with van der Waals surface area (Å²) >= 11 is 0. The van der Waals surface area contributed by atoms with Crippen molar-refractivity contribution in [3.8, 4) is 0 Å². The van der Waals surface area contributed by atoms with Gasteiger partial charge in [-0.15, -0.1) is 0 Å². The highest BCUT2D eigenvalue weighted by Gasteiger charge is 2.24. The van der Waals surface area contributed by atoms with Crippen molar-refractivity contribution in [1.82, 2.24) is 5.32 Å². The number of hydrogen-bond acceptors (Lipinski definition) is 2. The van der Waals surface area contributed by atoms with Crippen LogP contribution in [0.3, 0.4) is 0 Å². The summed E-state index contributed by atoms with van der Waals surface area (Å²) in [6.45, 7) is 1.11. The fraction of sp³-hybridized carbons (Fsp3) is 1.00. The molecule has 0 bridgehead atoms. The van der Waals surface area contributed by atoms with Crippen molar-refractivity contribution in [3.05, 3.63) is 0 Å². The van der Waals surface area contributed by atoms with Gasteiger partial charge < -0.3 is 10.4 Å². The maximum absolute atomic E-state index is 9.64. The van der Waals surface area contributed by atoms with Crippen LogP contribution in [0, 0.1) is 5.92 Å². The molecule has 2 N–H and O–H groups in total. The highest BCUT2D eigenvalue weighted by molar-refractivity contribution is 4.82. The van der Waals surface area contributed by atoms with Crippen LogP contribution >= 0.6 is 0 Å². The first-order valence-corrected chi connectivity index (χ1v) is 6.78. The van der Waals surface area contributed by atoms with Crippen molar-refractivity contribution in [1.29, 1.82) is 0 Å². The lowest BCUT2D eigenvalue weighted by molar-refractivity contribution is 0.149. The van der Waals surface area contributed by atoms with Gasteiger partial charge >= 0.3 is 0 Å². The fourth-order valence-corrected chi connectivity index (χ4v) is 3.16. The third-order valence-electron chi connectivity index (χ3n) is 4.15. The molecule has 2 aliphatic rings. The molecule has 15 heavy (non-hydrogen) atoms. The van der Waals surface area contributed by atoms with Crippen LogP contribution in [0.5, 0.6) is 0 Å². The Morgan fingerprint density at radius 2 is 1.80 bits per heavy atom. The first-order chi connectivity index (χ1) is 7.36. The number of nitrogens with one attached hydrogen (secondary N) is 1. The van der Waals surface area contributed by atoms with Crippen LogP contribution < -0.4 is 5.32 Å². The minimum atomic E-state index is -0.0727. The highest BCUT2D eigenvalue weighted by Crippen LogP contribution is 2.28. The van der Waals surface area contributed by atoms with E-state index in [4.69, 9.17) is 0 Å². The first-order valence-electron chi connectivity index (χ1n) is 6.78. The van der Waals surface area contributed by atoms with Gasteiger partial charge in [-0.3, -0.25) is 0 Å². The van der Waals surface area contributed by atoms with E-state index in [1.165, 1.54) is 51.4 Å². The second kappa shape index (κ2) is 5.86. The summed E-state index contributed by atoms with van der Waals surface area (Å²) < 4.78 is 0. The molecule has 0 aliphatic heterocycles. The van der Waals surface area contributed by atoms with Crippen LogP contribution in [0.1, 0.15) is 57.8 Å². The Labute approximate surface area is 93.5 Å². The second-order valence-corrected chi connectivity index (χ2v) is 5.35. The maximum Gasteiger partial charge on any atom is 0.0693 e. The molecule has 0 amide bonds. The van der Waals surface area contributed by atoms with Crippen LogP contribution in [0.4, 0.5) is 0 Å². The van der Waals surface area contributed by atoms with E-state index in [1.54, 1.807) is 0 Å². The molecule has 2 nitrogen and oxygen atoms in total. The zero-order valence-corrected chi connectivity index (χ0v) is 9.75. The zero-order valence-electron chi connectivity index (χ0n) is 9.75. The Kier molecular flexibility index (Phi) is 4.45. The molecule has 0 aromatic rings. The van der Waals surface area contributed by atoms with E-state index in [0.717, 1.165) is 18.9 Å². The number of rotatable bonds is 5. The van der Waals surface area contributed by atoms with Gasteiger partial charge in [0.2, 0.25) is 0 Å². The summed E-state index contributed by atoms with van der Waals surface area (Å²) in [6.07, 6.45) is 11.8. The summed E-state index contributed by atoms with van der Waals surface area (Å²) in [5.41, 5.74) is 0. The van der Waals surface area contributed by atoms with Crippen LogP contribution in [0.2, 0.25) is 0 Å². The third kappa shape index (κ3) is 3.46. The van der Waals surface area contributed by atoms with Gasteiger partial charge in [-0.2, -0.15) is 0 Å². The smallest absolute Gasteiger partial charge is 0.0693 e. The Hall–Kier alpha value is -0.0800. The largest absolute Gasteiger partial charge is 0.392 e. The van der Waals surface area contributed by atoms with Crippen molar-refractivity contribution in [2.75, 3.05) is 6.54 Å². The van der Waals surface area contributed by atoms with E-state index in [0.29, 0.717) is 6.04 Å². The molecule has 2 unspecified atom stereocenters. The molecule has 2 heteroatoms. The predicted octanol–water partition coefficient (Wildman–Crippen LogP) is 2.46. The molecule has 0 radical (unpaired) electrons. The maximum atomic E-state index is 9.64. The molecule has 0 heterocycles. The number of hydrogen-bond donors (Lipinski definition) is 2. The van der Waals surface area contributed by atoms with Gasteiger partial charge in [0.1, 0.15) is 0 Å². The molecule has 88 valence electrons. The average molecular weight is 211 g/mol. The minimum absolute atomic E-state index is 0.0727. The molecular weight excluding hydrogens is 186 g/mol. The van der Waals surface area contributed by atoms with E-state index < -0.39 is 0 Å². The van der Waals surface area contributed by atoms with Gasteiger partial charge in [0.05, 0.1) is 6.10 Å². The summed E-state index contributed by atoms with van der Waals surface area (Å²) in [7, 11) is 0. The lowest BCUT2D eigenvalue weighted by Crippen LogP contribution is -2.36. The SMILES string of the molecule is OC1CCCC1NCCCC1CCCC1. The zero-order chi connectivity index (χ0) is 10.5. The molecule has 0 spiro atoms. The van der Waals surface area contributed by atoms with Crippen molar-refractivity contribution in [2.24, 2.45) is 5.92 Å². The summed E-state index contributed by atoms with van der Waals surface area (Å²) in [6, 6.07) is 0.397. The predicted molar refractivity (Wildman–Crippen MR) is 62.8 cm³/mol. The van der Waals surface area contributed by atoms with Gasteiger partial charge in [-0.05, 0) is 44.6 Å². The van der Waals surface area contributed by atoms with Gasteiger partial charge in [0.25, 0.3) is 0 Å². The minimum Gasteiger partial charge on any atom is -0.392 e. The van der Waals surface area contributed by atoms with E-state index >= 15 is 0 Å². The Bertz CT molecular complexity index is 177. The molecule has 2 fully saturated rings. The molecule has 0 aromatic heterocycles. The van der Waals surface area contributed by atoms with Crippen molar-refractivity contribution in [3.63, 3.8) is 0 Å². The third-order valence-corrected chi connectivity index (χ3v) is 4.15. The second-order valence-electron chi connectivity index (χ2n) is 5.35. The highest BCUT2D eigenvalue weighted by atomic mass is 16.3. The number of aliphatic hydroxyl groups is 1. The van der Waals surface area contributed by atoms with Crippen LogP contribution in [0.15, 0.2) is 0 Å². The molecule has 2 aliphatic carbocycles. The molecule has 0 aromatic carbocycles.